The second-order valence-corrected chi connectivity index (χ2v) is 15.2. The van der Waals surface area contributed by atoms with E-state index in [1.165, 1.54) is 50.5 Å². The average Bonchev–Trinajstić information content (AvgIpc) is 3.73. The number of ether oxygens (including phenoxy) is 2. The average molecular weight is 609 g/mol. The first kappa shape index (κ1) is 29.3. The highest BCUT2D eigenvalue weighted by Gasteiger charge is 2.68. The molecule has 4 fully saturated rings. The number of hydrogen-bond donors (Lipinski definition) is 1. The minimum Gasteiger partial charge on any atom is -0.427 e. The quantitative estimate of drug-likeness (QED) is 0.312. The third kappa shape index (κ3) is 4.67. The molecule has 1 spiro atoms. The second kappa shape index (κ2) is 11.3. The summed E-state index contributed by atoms with van der Waals surface area (Å²) in [6.45, 7) is 2.27. The summed E-state index contributed by atoms with van der Waals surface area (Å²) in [5, 5.41) is 0. The fraction of sp³-hybridized carbons (Fsp3) is 0.615. The van der Waals surface area contributed by atoms with E-state index in [1.54, 1.807) is 6.20 Å². The Balaban J connectivity index is 1.24. The summed E-state index contributed by atoms with van der Waals surface area (Å²) in [5.41, 5.74) is 10.7. The first-order valence-electron chi connectivity index (χ1n) is 18.0. The Morgan fingerprint density at radius 1 is 1.00 bits per heavy atom. The summed E-state index contributed by atoms with van der Waals surface area (Å²) in [7, 11) is 0. The van der Waals surface area contributed by atoms with Gasteiger partial charge in [-0.2, -0.15) is 0 Å². The van der Waals surface area contributed by atoms with Crippen LogP contribution in [-0.2, 0) is 25.5 Å². The van der Waals surface area contributed by atoms with Gasteiger partial charge in [0.1, 0.15) is 17.3 Å². The molecule has 0 radical (unpaired) electrons. The van der Waals surface area contributed by atoms with E-state index in [1.807, 2.05) is 12.1 Å². The maximum atomic E-state index is 14.1. The van der Waals surface area contributed by atoms with Crippen molar-refractivity contribution >= 4 is 17.8 Å². The Kier molecular flexibility index (Phi) is 7.33. The minimum absolute atomic E-state index is 0.0757. The van der Waals surface area contributed by atoms with E-state index in [9.17, 15) is 9.59 Å². The maximum Gasteiger partial charge on any atom is 0.340 e. The zero-order chi connectivity index (χ0) is 30.8. The van der Waals surface area contributed by atoms with Crippen molar-refractivity contribution in [2.45, 2.75) is 116 Å². The van der Waals surface area contributed by atoms with Gasteiger partial charge < -0.3 is 15.2 Å². The van der Waals surface area contributed by atoms with Crippen LogP contribution in [0, 0.1) is 34.5 Å². The predicted molar refractivity (Wildman–Crippen MR) is 173 cm³/mol. The van der Waals surface area contributed by atoms with Gasteiger partial charge in [0.15, 0.2) is 0 Å². The lowest BCUT2D eigenvalue weighted by Crippen LogP contribution is -2.52. The molecule has 0 aromatic carbocycles. The van der Waals surface area contributed by atoms with Gasteiger partial charge in [0, 0.05) is 23.3 Å². The number of pyridine rings is 1. The summed E-state index contributed by atoms with van der Waals surface area (Å²) >= 11 is 0. The van der Waals surface area contributed by atoms with Crippen molar-refractivity contribution in [3.8, 4) is 0 Å². The number of carbonyl (C=O) groups excluding carboxylic acids is 2. The van der Waals surface area contributed by atoms with Crippen molar-refractivity contribution in [1.82, 2.24) is 4.98 Å². The molecule has 2 bridgehead atoms. The van der Waals surface area contributed by atoms with E-state index in [0.29, 0.717) is 12.2 Å². The lowest BCUT2D eigenvalue weighted by atomic mass is 9.44. The number of hydrogen-bond acceptors (Lipinski definition) is 6. The molecule has 4 atom stereocenters. The fourth-order valence-electron chi connectivity index (χ4n) is 10.9. The third-order valence-corrected chi connectivity index (χ3v) is 13.1. The van der Waals surface area contributed by atoms with Gasteiger partial charge in [0.25, 0.3) is 0 Å². The van der Waals surface area contributed by atoms with Crippen LogP contribution in [0.1, 0.15) is 115 Å². The van der Waals surface area contributed by atoms with Crippen LogP contribution in [0.2, 0.25) is 0 Å². The van der Waals surface area contributed by atoms with Crippen molar-refractivity contribution in [3.63, 3.8) is 0 Å². The molecule has 0 unspecified atom stereocenters. The Labute approximate surface area is 267 Å². The van der Waals surface area contributed by atoms with Gasteiger partial charge in [0.2, 0.25) is 0 Å². The molecule has 6 heteroatoms. The predicted octanol–water partition coefficient (Wildman–Crippen LogP) is 8.45. The molecule has 1 aromatic rings. The van der Waals surface area contributed by atoms with Gasteiger partial charge in [-0.15, -0.1) is 0 Å². The number of fused-ring (bicyclic) bond motifs is 1. The maximum absolute atomic E-state index is 14.1. The first-order valence-corrected chi connectivity index (χ1v) is 18.0. The summed E-state index contributed by atoms with van der Waals surface area (Å²) < 4.78 is 12.6. The van der Waals surface area contributed by atoms with E-state index in [2.05, 4.69) is 24.1 Å². The lowest BCUT2D eigenvalue weighted by Gasteiger charge is -2.56. The number of aromatic nitrogens is 1. The zero-order valence-corrected chi connectivity index (χ0v) is 26.9. The molecule has 2 N–H and O–H groups in total. The van der Waals surface area contributed by atoms with Crippen LogP contribution in [0.25, 0.3) is 0 Å². The second-order valence-electron chi connectivity index (χ2n) is 15.2. The van der Waals surface area contributed by atoms with E-state index >= 15 is 0 Å². The molecule has 0 amide bonds. The lowest BCUT2D eigenvalue weighted by molar-refractivity contribution is -0.135. The van der Waals surface area contributed by atoms with Crippen LogP contribution in [0.5, 0.6) is 0 Å². The first-order chi connectivity index (χ1) is 21.9. The number of nitrogens with zero attached hydrogens (tertiary/aromatic N) is 1. The van der Waals surface area contributed by atoms with Crippen LogP contribution in [0.4, 0.5) is 5.82 Å². The van der Waals surface area contributed by atoms with Gasteiger partial charge in [-0.3, -0.25) is 0 Å². The summed E-state index contributed by atoms with van der Waals surface area (Å²) in [6.07, 6.45) is 25.3. The van der Waals surface area contributed by atoms with Gasteiger partial charge in [-0.25, -0.2) is 14.6 Å². The van der Waals surface area contributed by atoms with Crippen molar-refractivity contribution in [2.24, 2.45) is 34.5 Å². The highest BCUT2D eigenvalue weighted by Crippen LogP contribution is 2.70. The van der Waals surface area contributed by atoms with Gasteiger partial charge in [-0.05, 0) is 117 Å². The van der Waals surface area contributed by atoms with Crippen molar-refractivity contribution < 1.29 is 19.1 Å². The number of anilines is 1. The van der Waals surface area contributed by atoms with Crippen LogP contribution in [-0.4, -0.2) is 16.9 Å². The largest absolute Gasteiger partial charge is 0.427 e. The van der Waals surface area contributed by atoms with Crippen LogP contribution in [0.15, 0.2) is 64.3 Å². The van der Waals surface area contributed by atoms with Gasteiger partial charge >= 0.3 is 11.9 Å². The van der Waals surface area contributed by atoms with Crippen LogP contribution in [0.3, 0.4) is 0 Å². The van der Waals surface area contributed by atoms with Crippen LogP contribution < -0.4 is 5.73 Å². The molecule has 3 saturated carbocycles. The topological polar surface area (TPSA) is 91.5 Å². The molecular weight excluding hydrogens is 560 g/mol. The molecule has 6 nitrogen and oxygen atoms in total. The molecule has 1 aromatic heterocycles. The molecule has 6 aliphatic carbocycles. The van der Waals surface area contributed by atoms with Crippen molar-refractivity contribution in [1.29, 1.82) is 0 Å². The Morgan fingerprint density at radius 3 is 2.60 bits per heavy atom. The molecule has 3 heterocycles. The minimum atomic E-state index is -0.595. The summed E-state index contributed by atoms with van der Waals surface area (Å²) in [4.78, 5) is 32.3. The number of allylic oxidation sites excluding steroid dienone is 5. The highest BCUT2D eigenvalue weighted by atomic mass is 16.5. The van der Waals surface area contributed by atoms with E-state index in [4.69, 9.17) is 15.2 Å². The third-order valence-electron chi connectivity index (χ3n) is 13.1. The molecule has 2 aliphatic heterocycles. The number of esters is 2. The van der Waals surface area contributed by atoms with E-state index < -0.39 is 5.41 Å². The Bertz CT molecular complexity index is 1540. The van der Waals surface area contributed by atoms with Gasteiger partial charge in [0.05, 0.1) is 11.0 Å². The normalized spacial score (nSPS) is 33.9. The number of nitrogen functional groups attached to an aromatic ring is 1. The number of nitrogens with two attached hydrogens (primary N) is 1. The van der Waals surface area contributed by atoms with E-state index in [-0.39, 0.29) is 35.1 Å². The SMILES string of the molecule is CCC1(C=C2OC(=O)C3=C2CC[C@@H]2[C@@H]3[C@]34CC[C@H]2C(Cc2ccnc(N)c2)=C3C(=O)OC4=CCCC2CCCCC2)CCCC1. The molecular formula is C39H48N2O4. The van der Waals surface area contributed by atoms with Crippen LogP contribution >= 0.6 is 0 Å². The zero-order valence-electron chi connectivity index (χ0n) is 26.9. The van der Waals surface area contributed by atoms with E-state index in [0.717, 1.165) is 97.5 Å². The highest BCUT2D eigenvalue weighted by molar-refractivity contribution is 6.00. The van der Waals surface area contributed by atoms with Crippen molar-refractivity contribution in [3.05, 3.63) is 69.9 Å². The summed E-state index contributed by atoms with van der Waals surface area (Å²) in [5.74, 6) is 2.95. The Morgan fingerprint density at radius 2 is 1.82 bits per heavy atom. The fourth-order valence-corrected chi connectivity index (χ4v) is 10.9. The van der Waals surface area contributed by atoms with Gasteiger partial charge in [-0.1, -0.05) is 57.4 Å². The monoisotopic (exact) mass is 608 g/mol. The number of carbonyl (C=O) groups is 2. The number of cyclic esters (lactones) is 2. The summed E-state index contributed by atoms with van der Waals surface area (Å²) in [6, 6.07) is 3.94. The smallest absolute Gasteiger partial charge is 0.340 e. The molecule has 8 aliphatic rings. The Hall–Kier alpha value is -3.15. The molecule has 238 valence electrons. The molecule has 1 saturated heterocycles. The molecule has 45 heavy (non-hydrogen) atoms. The van der Waals surface area contributed by atoms with Crippen molar-refractivity contribution in [2.75, 3.05) is 5.73 Å². The standard InChI is InChI=1S/C39H48N2O4/c1-2-38(17-6-7-18-38)23-30-28-14-13-27-26-15-19-39(34(27)33(28)36(42)44-30)31(12-8-11-24-9-4-3-5-10-24)45-37(43)35(39)29(26)21-25-16-20-41-32(40)22-25/h12,16,20,22-24,26-27,34H,2-11,13-15,17-19,21H2,1H3,(H2,40,41)/t26-,27+,34+,39-/m1/s1. The number of rotatable bonds is 7. The molecule has 9 rings (SSSR count).